The highest BCUT2D eigenvalue weighted by atomic mass is 35.5. The van der Waals surface area contributed by atoms with Crippen LogP contribution in [0, 0.1) is 0 Å². The number of halogens is 1. The molecule has 1 aliphatic rings. The third-order valence-corrected chi connectivity index (χ3v) is 3.39. The molecule has 2 heteroatoms. The van der Waals surface area contributed by atoms with E-state index in [0.29, 0.717) is 10.7 Å². The molecule has 0 bridgehead atoms. The number of nitrogen functional groups attached to an aromatic ring is 1. The number of benzene rings is 2. The zero-order valence-electron chi connectivity index (χ0n) is 8.13. The van der Waals surface area contributed by atoms with Crippen LogP contribution in [-0.4, -0.2) is 0 Å². The van der Waals surface area contributed by atoms with Crippen molar-refractivity contribution in [3.63, 3.8) is 0 Å². The van der Waals surface area contributed by atoms with Gasteiger partial charge in [-0.3, -0.25) is 0 Å². The molecule has 3 rings (SSSR count). The Morgan fingerprint density at radius 2 is 1.80 bits per heavy atom. The lowest BCUT2D eigenvalue weighted by Crippen LogP contribution is -1.90. The fourth-order valence-electron chi connectivity index (χ4n) is 2.19. The molecule has 0 aromatic heterocycles. The van der Waals surface area contributed by atoms with Crippen molar-refractivity contribution >= 4 is 17.3 Å². The molecule has 0 amide bonds. The van der Waals surface area contributed by atoms with Gasteiger partial charge in [-0.15, -0.1) is 0 Å². The van der Waals surface area contributed by atoms with Gasteiger partial charge in [0.15, 0.2) is 0 Å². The number of fused-ring (bicyclic) bond motifs is 3. The highest BCUT2D eigenvalue weighted by molar-refractivity contribution is 6.34. The number of anilines is 1. The number of hydrogen-bond acceptors (Lipinski definition) is 1. The maximum atomic E-state index is 6.20. The molecule has 0 spiro atoms. The largest absolute Gasteiger partial charge is 0.398 e. The summed E-state index contributed by atoms with van der Waals surface area (Å²) in [6.45, 7) is 0. The first-order chi connectivity index (χ1) is 7.27. The van der Waals surface area contributed by atoms with Crippen molar-refractivity contribution in [2.24, 2.45) is 0 Å². The van der Waals surface area contributed by atoms with Crippen LogP contribution >= 0.6 is 11.6 Å². The average Bonchev–Trinajstić information content (AvgIpc) is 2.63. The Morgan fingerprint density at radius 3 is 2.67 bits per heavy atom. The molecule has 74 valence electrons. The van der Waals surface area contributed by atoms with E-state index in [2.05, 4.69) is 30.3 Å². The number of rotatable bonds is 0. The van der Waals surface area contributed by atoms with Gasteiger partial charge >= 0.3 is 0 Å². The maximum absolute atomic E-state index is 6.20. The smallest absolute Gasteiger partial charge is 0.0676 e. The van der Waals surface area contributed by atoms with Gasteiger partial charge in [0.25, 0.3) is 0 Å². The molecule has 0 saturated heterocycles. The summed E-state index contributed by atoms with van der Waals surface area (Å²) in [5.74, 6) is 0. The van der Waals surface area contributed by atoms with Crippen LogP contribution in [0.25, 0.3) is 11.1 Å². The van der Waals surface area contributed by atoms with E-state index in [1.807, 2.05) is 6.07 Å². The predicted molar refractivity (Wildman–Crippen MR) is 64.1 cm³/mol. The van der Waals surface area contributed by atoms with Crippen LogP contribution in [0.4, 0.5) is 5.69 Å². The van der Waals surface area contributed by atoms with E-state index in [0.717, 1.165) is 12.0 Å². The van der Waals surface area contributed by atoms with Gasteiger partial charge in [0, 0.05) is 6.42 Å². The molecule has 0 saturated carbocycles. The van der Waals surface area contributed by atoms with Crippen LogP contribution in [0.5, 0.6) is 0 Å². The van der Waals surface area contributed by atoms with Gasteiger partial charge < -0.3 is 5.73 Å². The van der Waals surface area contributed by atoms with Gasteiger partial charge in [-0.1, -0.05) is 41.9 Å². The van der Waals surface area contributed by atoms with E-state index in [4.69, 9.17) is 17.3 Å². The van der Waals surface area contributed by atoms with Gasteiger partial charge in [-0.2, -0.15) is 0 Å². The van der Waals surface area contributed by atoms with Crippen molar-refractivity contribution in [1.29, 1.82) is 0 Å². The lowest BCUT2D eigenvalue weighted by Gasteiger charge is -2.04. The minimum atomic E-state index is 0.670. The van der Waals surface area contributed by atoms with E-state index in [1.165, 1.54) is 16.7 Å². The zero-order chi connectivity index (χ0) is 10.4. The van der Waals surface area contributed by atoms with Crippen LogP contribution in [0.2, 0.25) is 5.02 Å². The standard InChI is InChI=1S/C13H10ClN/c14-13-11-7-8-3-1-2-4-9(8)10(11)5-6-12(13)15/h1-6H,7,15H2. The van der Waals surface area contributed by atoms with Crippen molar-refractivity contribution in [3.05, 3.63) is 52.5 Å². The Morgan fingerprint density at radius 1 is 1.00 bits per heavy atom. The molecule has 0 aliphatic heterocycles. The Kier molecular flexibility index (Phi) is 1.77. The normalized spacial score (nSPS) is 12.3. The lowest BCUT2D eigenvalue weighted by atomic mass is 10.1. The topological polar surface area (TPSA) is 26.0 Å². The molecule has 2 N–H and O–H groups in total. The summed E-state index contributed by atoms with van der Waals surface area (Å²) in [6, 6.07) is 12.3. The Bertz CT molecular complexity index is 546. The van der Waals surface area contributed by atoms with E-state index in [-0.39, 0.29) is 0 Å². The molecular formula is C13H10ClN. The third-order valence-electron chi connectivity index (χ3n) is 2.95. The maximum Gasteiger partial charge on any atom is 0.0676 e. The van der Waals surface area contributed by atoms with Crippen molar-refractivity contribution in [1.82, 2.24) is 0 Å². The fraction of sp³-hybridized carbons (Fsp3) is 0.0769. The van der Waals surface area contributed by atoms with Gasteiger partial charge in [0.05, 0.1) is 10.7 Å². The van der Waals surface area contributed by atoms with E-state index in [1.54, 1.807) is 0 Å². The molecule has 2 aromatic carbocycles. The van der Waals surface area contributed by atoms with Gasteiger partial charge in [-0.25, -0.2) is 0 Å². The van der Waals surface area contributed by atoms with Crippen LogP contribution < -0.4 is 5.73 Å². The quantitative estimate of drug-likeness (QED) is 0.571. The zero-order valence-corrected chi connectivity index (χ0v) is 8.88. The summed E-state index contributed by atoms with van der Waals surface area (Å²) in [7, 11) is 0. The molecule has 1 nitrogen and oxygen atoms in total. The summed E-state index contributed by atoms with van der Waals surface area (Å²) in [5, 5.41) is 0.712. The predicted octanol–water partition coefficient (Wildman–Crippen LogP) is 3.49. The van der Waals surface area contributed by atoms with Crippen molar-refractivity contribution in [3.8, 4) is 11.1 Å². The molecule has 0 heterocycles. The van der Waals surface area contributed by atoms with E-state index >= 15 is 0 Å². The SMILES string of the molecule is Nc1ccc2c(c1Cl)Cc1ccccc1-2. The average molecular weight is 216 g/mol. The Labute approximate surface area is 93.5 Å². The van der Waals surface area contributed by atoms with Crippen molar-refractivity contribution < 1.29 is 0 Å². The molecule has 2 aromatic rings. The molecule has 0 atom stereocenters. The first kappa shape index (κ1) is 8.81. The van der Waals surface area contributed by atoms with Gasteiger partial charge in [0.1, 0.15) is 0 Å². The highest BCUT2D eigenvalue weighted by Gasteiger charge is 2.20. The molecule has 15 heavy (non-hydrogen) atoms. The number of nitrogens with two attached hydrogens (primary N) is 1. The van der Waals surface area contributed by atoms with E-state index in [9.17, 15) is 0 Å². The summed E-state index contributed by atoms with van der Waals surface area (Å²) < 4.78 is 0. The fourth-order valence-corrected chi connectivity index (χ4v) is 2.42. The second kappa shape index (κ2) is 3.01. The Balaban J connectivity index is 2.31. The van der Waals surface area contributed by atoms with Crippen LogP contribution in [0.3, 0.4) is 0 Å². The van der Waals surface area contributed by atoms with Crippen LogP contribution in [0.15, 0.2) is 36.4 Å². The van der Waals surface area contributed by atoms with Gasteiger partial charge in [-0.05, 0) is 28.3 Å². The first-order valence-electron chi connectivity index (χ1n) is 4.92. The molecule has 1 aliphatic carbocycles. The number of hydrogen-bond donors (Lipinski definition) is 1. The van der Waals surface area contributed by atoms with Crippen LogP contribution in [0.1, 0.15) is 11.1 Å². The van der Waals surface area contributed by atoms with Gasteiger partial charge in [0.2, 0.25) is 0 Å². The van der Waals surface area contributed by atoms with Crippen LogP contribution in [-0.2, 0) is 6.42 Å². The lowest BCUT2D eigenvalue weighted by molar-refractivity contribution is 1.26. The summed E-state index contributed by atoms with van der Waals surface area (Å²) in [4.78, 5) is 0. The van der Waals surface area contributed by atoms with Crippen molar-refractivity contribution in [2.45, 2.75) is 6.42 Å². The van der Waals surface area contributed by atoms with E-state index < -0.39 is 0 Å². The van der Waals surface area contributed by atoms with Crippen molar-refractivity contribution in [2.75, 3.05) is 5.73 Å². The minimum Gasteiger partial charge on any atom is -0.398 e. The second-order valence-corrected chi connectivity index (χ2v) is 4.21. The molecule has 0 unspecified atom stereocenters. The Hall–Kier alpha value is -1.47. The summed E-state index contributed by atoms with van der Waals surface area (Å²) in [5.41, 5.74) is 11.5. The molecule has 0 fully saturated rings. The molecular weight excluding hydrogens is 206 g/mol. The summed E-state index contributed by atoms with van der Waals surface area (Å²) >= 11 is 6.20. The third kappa shape index (κ3) is 1.17. The monoisotopic (exact) mass is 215 g/mol. The minimum absolute atomic E-state index is 0.670. The summed E-state index contributed by atoms with van der Waals surface area (Å²) in [6.07, 6.45) is 0.898. The second-order valence-electron chi connectivity index (χ2n) is 3.83. The highest BCUT2D eigenvalue weighted by Crippen LogP contribution is 2.41. The molecule has 0 radical (unpaired) electrons. The first-order valence-corrected chi connectivity index (χ1v) is 5.30.